The third-order valence-corrected chi connectivity index (χ3v) is 5.50. The zero-order chi connectivity index (χ0) is 18.6. The summed E-state index contributed by atoms with van der Waals surface area (Å²) < 4.78 is 0. The van der Waals surface area contributed by atoms with Crippen LogP contribution in [-0.2, 0) is 4.79 Å². The van der Waals surface area contributed by atoms with Crippen LogP contribution < -0.4 is 16.4 Å². The number of rotatable bonds is 9. The van der Waals surface area contributed by atoms with E-state index in [-0.39, 0.29) is 35.8 Å². The van der Waals surface area contributed by atoms with Gasteiger partial charge >= 0.3 is 0 Å². The van der Waals surface area contributed by atoms with Crippen LogP contribution in [0.25, 0.3) is 0 Å². The van der Waals surface area contributed by atoms with Crippen molar-refractivity contribution in [3.63, 3.8) is 0 Å². The van der Waals surface area contributed by atoms with Crippen LogP contribution in [0.3, 0.4) is 0 Å². The van der Waals surface area contributed by atoms with Crippen LogP contribution in [0.15, 0.2) is 40.2 Å². The fraction of sp³-hybridized carbons (Fsp3) is 0.579. The number of primary amides is 1. The van der Waals surface area contributed by atoms with Crippen molar-refractivity contribution in [3.05, 3.63) is 30.3 Å². The third kappa shape index (κ3) is 9.66. The lowest BCUT2D eigenvalue weighted by Crippen LogP contribution is -2.43. The molecule has 4 N–H and O–H groups in total. The van der Waals surface area contributed by atoms with Crippen molar-refractivity contribution < 1.29 is 4.79 Å². The normalized spacial score (nSPS) is 17.8. The summed E-state index contributed by atoms with van der Waals surface area (Å²) in [5, 5.41) is 6.70. The monoisotopic (exact) mass is 505 g/mol. The molecule has 0 saturated carbocycles. The number of hydrogen-bond acceptors (Lipinski definition) is 4. The first-order valence-electron chi connectivity index (χ1n) is 9.33. The number of halogens is 1. The van der Waals surface area contributed by atoms with Crippen molar-refractivity contribution in [1.29, 1.82) is 0 Å². The number of nitrogens with zero attached hydrogens (tertiary/aromatic N) is 2. The molecule has 0 radical (unpaired) electrons. The van der Waals surface area contributed by atoms with E-state index in [1.807, 2.05) is 17.8 Å². The van der Waals surface area contributed by atoms with E-state index in [1.165, 1.54) is 4.90 Å². The van der Waals surface area contributed by atoms with Crippen molar-refractivity contribution in [2.75, 3.05) is 45.5 Å². The van der Waals surface area contributed by atoms with Gasteiger partial charge in [0.15, 0.2) is 5.96 Å². The van der Waals surface area contributed by atoms with Gasteiger partial charge in [0.25, 0.3) is 0 Å². The summed E-state index contributed by atoms with van der Waals surface area (Å²) in [6.07, 6.45) is 3.01. The Bertz CT molecular complexity index is 572. The summed E-state index contributed by atoms with van der Waals surface area (Å²) in [4.78, 5) is 19.2. The Hall–Kier alpha value is -1.000. The maximum atomic E-state index is 11.3. The topological polar surface area (TPSA) is 82.8 Å². The van der Waals surface area contributed by atoms with Crippen LogP contribution in [0, 0.1) is 5.92 Å². The van der Waals surface area contributed by atoms with E-state index in [1.54, 1.807) is 7.05 Å². The maximum Gasteiger partial charge on any atom is 0.221 e. The number of piperidine rings is 1. The lowest BCUT2D eigenvalue weighted by molar-refractivity contribution is -0.123. The quantitative estimate of drug-likeness (QED) is 0.158. The van der Waals surface area contributed by atoms with E-state index in [4.69, 9.17) is 5.73 Å². The number of guanidine groups is 1. The first kappa shape index (κ1) is 24.0. The number of nitrogens with one attached hydrogen (secondary N) is 2. The Morgan fingerprint density at radius 2 is 2.04 bits per heavy atom. The first-order chi connectivity index (χ1) is 12.7. The lowest BCUT2D eigenvalue weighted by Gasteiger charge is -2.31. The number of amides is 1. The summed E-state index contributed by atoms with van der Waals surface area (Å²) in [5.41, 5.74) is 5.43. The molecule has 1 heterocycles. The van der Waals surface area contributed by atoms with Gasteiger partial charge in [-0.15, -0.1) is 35.7 Å². The van der Waals surface area contributed by atoms with E-state index < -0.39 is 0 Å². The van der Waals surface area contributed by atoms with Gasteiger partial charge in [-0.3, -0.25) is 9.79 Å². The minimum Gasteiger partial charge on any atom is -0.369 e. The number of thioether (sulfide) groups is 1. The van der Waals surface area contributed by atoms with Crippen LogP contribution in [-0.4, -0.2) is 62.3 Å². The molecule has 0 spiro atoms. The molecule has 1 unspecified atom stereocenters. The van der Waals surface area contributed by atoms with Gasteiger partial charge in [-0.1, -0.05) is 18.2 Å². The van der Waals surface area contributed by atoms with Gasteiger partial charge in [0.05, 0.1) is 5.92 Å². The fourth-order valence-electron chi connectivity index (χ4n) is 3.08. The Labute approximate surface area is 184 Å². The Morgan fingerprint density at radius 1 is 1.30 bits per heavy atom. The molecule has 1 saturated heterocycles. The van der Waals surface area contributed by atoms with E-state index in [9.17, 15) is 4.79 Å². The van der Waals surface area contributed by atoms with E-state index in [0.717, 1.165) is 63.7 Å². The molecule has 1 aromatic carbocycles. The van der Waals surface area contributed by atoms with Crippen LogP contribution >= 0.6 is 35.7 Å². The third-order valence-electron chi connectivity index (χ3n) is 4.48. The average molecular weight is 505 g/mol. The fourth-order valence-corrected chi connectivity index (χ4v) is 3.87. The first-order valence-corrected chi connectivity index (χ1v) is 10.3. The highest BCUT2D eigenvalue weighted by atomic mass is 127. The van der Waals surface area contributed by atoms with Crippen molar-refractivity contribution in [2.24, 2.45) is 16.6 Å². The van der Waals surface area contributed by atoms with Crippen LogP contribution in [0.5, 0.6) is 0 Å². The molecule has 27 heavy (non-hydrogen) atoms. The average Bonchev–Trinajstić information content (AvgIpc) is 2.67. The molecular formula is C19H32IN5OS. The minimum absolute atomic E-state index is 0. The second-order valence-corrected chi connectivity index (χ2v) is 7.65. The molecule has 8 heteroatoms. The van der Waals surface area contributed by atoms with Crippen molar-refractivity contribution in [3.8, 4) is 0 Å². The summed E-state index contributed by atoms with van der Waals surface area (Å²) in [6, 6.07) is 10.4. The predicted molar refractivity (Wildman–Crippen MR) is 125 cm³/mol. The van der Waals surface area contributed by atoms with Crippen molar-refractivity contribution >= 4 is 47.6 Å². The summed E-state index contributed by atoms with van der Waals surface area (Å²) in [5.74, 6) is 1.69. The highest BCUT2D eigenvalue weighted by Gasteiger charge is 2.23. The highest BCUT2D eigenvalue weighted by Crippen LogP contribution is 2.16. The van der Waals surface area contributed by atoms with E-state index in [0.29, 0.717) is 0 Å². The Morgan fingerprint density at radius 3 is 2.74 bits per heavy atom. The van der Waals surface area contributed by atoms with E-state index in [2.05, 4.69) is 44.8 Å². The molecule has 152 valence electrons. The van der Waals surface area contributed by atoms with Crippen molar-refractivity contribution in [2.45, 2.75) is 24.2 Å². The molecule has 1 aromatic rings. The van der Waals surface area contributed by atoms with E-state index >= 15 is 0 Å². The Kier molecular flexibility index (Phi) is 12.5. The number of hydrogen-bond donors (Lipinski definition) is 3. The number of carbonyl (C=O) groups excluding carboxylic acids is 1. The summed E-state index contributed by atoms with van der Waals surface area (Å²) in [7, 11) is 1.79. The second kappa shape index (κ2) is 14.1. The maximum absolute atomic E-state index is 11.3. The summed E-state index contributed by atoms with van der Waals surface area (Å²) in [6.45, 7) is 4.58. The number of carbonyl (C=O) groups is 1. The van der Waals surface area contributed by atoms with Gasteiger partial charge in [-0.25, -0.2) is 0 Å². The molecule has 0 aliphatic carbocycles. The van der Waals surface area contributed by atoms with Gasteiger partial charge in [-0.05, 0) is 44.5 Å². The van der Waals surface area contributed by atoms with Gasteiger partial charge in [0.1, 0.15) is 0 Å². The summed E-state index contributed by atoms with van der Waals surface area (Å²) >= 11 is 1.83. The van der Waals surface area contributed by atoms with Crippen LogP contribution in [0.1, 0.15) is 19.3 Å². The van der Waals surface area contributed by atoms with Gasteiger partial charge < -0.3 is 21.3 Å². The van der Waals surface area contributed by atoms with Crippen LogP contribution in [0.4, 0.5) is 0 Å². The lowest BCUT2D eigenvalue weighted by atomic mass is 9.97. The number of benzene rings is 1. The molecule has 1 fully saturated rings. The van der Waals surface area contributed by atoms with Gasteiger partial charge in [-0.2, -0.15) is 0 Å². The van der Waals surface area contributed by atoms with Gasteiger partial charge in [0.2, 0.25) is 5.91 Å². The highest BCUT2D eigenvalue weighted by molar-refractivity contribution is 14.0. The van der Waals surface area contributed by atoms with Gasteiger partial charge in [0, 0.05) is 37.3 Å². The predicted octanol–water partition coefficient (Wildman–Crippen LogP) is 2.15. The standard InChI is InChI=1S/C19H31N5OS.HI/c1-21-19(23-11-14-26-17-8-3-2-4-9-17)22-10-6-13-24-12-5-7-16(15-24)18(20)25;/h2-4,8-9,16H,5-7,10-15H2,1H3,(H2,20,25)(H2,21,22,23);1H. The molecule has 6 nitrogen and oxygen atoms in total. The smallest absolute Gasteiger partial charge is 0.221 e. The molecule has 2 rings (SSSR count). The van der Waals surface area contributed by atoms with Crippen molar-refractivity contribution in [1.82, 2.24) is 15.5 Å². The largest absolute Gasteiger partial charge is 0.369 e. The molecule has 1 amide bonds. The molecule has 0 aromatic heterocycles. The second-order valence-electron chi connectivity index (χ2n) is 6.48. The number of nitrogens with two attached hydrogens (primary N) is 1. The minimum atomic E-state index is -0.161. The SMILES string of the molecule is CN=C(NCCCN1CCCC(C(N)=O)C1)NCCSc1ccccc1.I. The molecule has 1 aliphatic rings. The number of aliphatic imine (C=N–C) groups is 1. The van der Waals surface area contributed by atoms with Crippen LogP contribution in [0.2, 0.25) is 0 Å². The zero-order valence-corrected chi connectivity index (χ0v) is 19.2. The molecule has 1 aliphatic heterocycles. The molecule has 0 bridgehead atoms. The molecular weight excluding hydrogens is 473 g/mol. The number of likely N-dealkylation sites (tertiary alicyclic amines) is 1. The zero-order valence-electron chi connectivity index (χ0n) is 16.0. The molecule has 1 atom stereocenters. The Balaban J connectivity index is 0.00000364.